The first-order valence-corrected chi connectivity index (χ1v) is 11.1. The molecule has 4 aromatic carbocycles. The predicted octanol–water partition coefficient (Wildman–Crippen LogP) is 6.32. The van der Waals surface area contributed by atoms with Crippen LogP contribution in [0.3, 0.4) is 0 Å². The monoisotopic (exact) mass is 464 g/mol. The van der Waals surface area contributed by atoms with Gasteiger partial charge in [0.15, 0.2) is 11.6 Å². The van der Waals surface area contributed by atoms with Crippen LogP contribution >= 0.6 is 0 Å². The Bertz CT molecular complexity index is 1460. The van der Waals surface area contributed by atoms with Gasteiger partial charge in [-0.05, 0) is 52.6 Å². The summed E-state index contributed by atoms with van der Waals surface area (Å²) in [5.41, 5.74) is 4.36. The summed E-state index contributed by atoms with van der Waals surface area (Å²) in [6.45, 7) is 0.847. The Kier molecular flexibility index (Phi) is 5.90. The SMILES string of the molecule is COc1cccc(-c2ccc(CN3Cc4cccc(Oc5c(F)cccc5C#N)c4C3=O)cc2)c1. The van der Waals surface area contributed by atoms with Gasteiger partial charge in [-0.15, -0.1) is 0 Å². The molecule has 0 saturated carbocycles. The maximum absolute atomic E-state index is 14.4. The van der Waals surface area contributed by atoms with Gasteiger partial charge in [-0.1, -0.05) is 54.6 Å². The van der Waals surface area contributed by atoms with Crippen molar-refractivity contribution in [3.8, 4) is 34.4 Å². The molecule has 4 aromatic rings. The number of halogens is 1. The lowest BCUT2D eigenvalue weighted by molar-refractivity contribution is 0.0764. The number of carbonyl (C=O) groups excluding carboxylic acids is 1. The molecule has 1 aliphatic heterocycles. The molecule has 0 saturated heterocycles. The zero-order chi connectivity index (χ0) is 24.4. The van der Waals surface area contributed by atoms with E-state index in [9.17, 15) is 14.4 Å². The molecule has 0 spiro atoms. The molecule has 0 aromatic heterocycles. The first-order chi connectivity index (χ1) is 17.1. The van der Waals surface area contributed by atoms with E-state index in [1.165, 1.54) is 18.2 Å². The van der Waals surface area contributed by atoms with Gasteiger partial charge in [-0.25, -0.2) is 4.39 Å². The predicted molar refractivity (Wildman–Crippen MR) is 130 cm³/mol. The Morgan fingerprint density at radius 1 is 0.971 bits per heavy atom. The van der Waals surface area contributed by atoms with Crippen LogP contribution in [0.2, 0.25) is 0 Å². The third-order valence-electron chi connectivity index (χ3n) is 6.00. The van der Waals surface area contributed by atoms with Crippen molar-refractivity contribution in [2.24, 2.45) is 0 Å². The van der Waals surface area contributed by atoms with Crippen LogP contribution in [0.15, 0.2) is 84.9 Å². The van der Waals surface area contributed by atoms with Crippen LogP contribution in [-0.4, -0.2) is 17.9 Å². The molecule has 35 heavy (non-hydrogen) atoms. The van der Waals surface area contributed by atoms with Crippen molar-refractivity contribution in [1.82, 2.24) is 4.90 Å². The second-order valence-electron chi connectivity index (χ2n) is 8.21. The van der Waals surface area contributed by atoms with Crippen LogP contribution in [-0.2, 0) is 13.1 Å². The number of rotatable bonds is 6. The van der Waals surface area contributed by atoms with E-state index in [2.05, 4.69) is 0 Å². The summed E-state index contributed by atoms with van der Waals surface area (Å²) in [6.07, 6.45) is 0. The van der Waals surface area contributed by atoms with Gasteiger partial charge >= 0.3 is 0 Å². The van der Waals surface area contributed by atoms with E-state index >= 15 is 0 Å². The molecule has 6 heteroatoms. The van der Waals surface area contributed by atoms with Crippen molar-refractivity contribution in [2.45, 2.75) is 13.1 Å². The maximum Gasteiger partial charge on any atom is 0.258 e. The van der Waals surface area contributed by atoms with Crippen LogP contribution < -0.4 is 9.47 Å². The summed E-state index contributed by atoms with van der Waals surface area (Å²) in [6, 6.07) is 27.2. The van der Waals surface area contributed by atoms with E-state index in [-0.39, 0.29) is 23.0 Å². The molecule has 0 bridgehead atoms. The fraction of sp³-hybridized carbons (Fsp3) is 0.103. The number of methoxy groups -OCH3 is 1. The Hall–Kier alpha value is -4.63. The van der Waals surface area contributed by atoms with E-state index in [0.29, 0.717) is 18.7 Å². The molecule has 0 unspecified atom stereocenters. The summed E-state index contributed by atoms with van der Waals surface area (Å²) in [4.78, 5) is 15.0. The van der Waals surface area contributed by atoms with Crippen molar-refractivity contribution >= 4 is 5.91 Å². The molecule has 5 nitrogen and oxygen atoms in total. The molecule has 172 valence electrons. The summed E-state index contributed by atoms with van der Waals surface area (Å²) in [5, 5.41) is 9.31. The molecule has 1 aliphatic rings. The molecule has 0 aliphatic carbocycles. The van der Waals surface area contributed by atoms with E-state index in [4.69, 9.17) is 9.47 Å². The zero-order valence-electron chi connectivity index (χ0n) is 19.0. The third-order valence-corrected chi connectivity index (χ3v) is 6.00. The second-order valence-corrected chi connectivity index (χ2v) is 8.21. The molecular weight excluding hydrogens is 443 g/mol. The fourth-order valence-electron chi connectivity index (χ4n) is 4.24. The Labute approximate surface area is 202 Å². The Morgan fingerprint density at radius 3 is 2.51 bits per heavy atom. The maximum atomic E-state index is 14.4. The summed E-state index contributed by atoms with van der Waals surface area (Å²) < 4.78 is 25.4. The van der Waals surface area contributed by atoms with Crippen LogP contribution in [0, 0.1) is 17.1 Å². The first kappa shape index (κ1) is 22.2. The number of fused-ring (bicyclic) bond motifs is 1. The highest BCUT2D eigenvalue weighted by Gasteiger charge is 2.31. The smallest absolute Gasteiger partial charge is 0.258 e. The number of nitrogens with zero attached hydrogens (tertiary/aromatic N) is 2. The quantitative estimate of drug-likeness (QED) is 0.335. The van der Waals surface area contributed by atoms with E-state index in [1.54, 1.807) is 24.1 Å². The van der Waals surface area contributed by atoms with E-state index in [0.717, 1.165) is 28.0 Å². The van der Waals surface area contributed by atoms with Crippen molar-refractivity contribution in [3.05, 3.63) is 113 Å². The van der Waals surface area contributed by atoms with Gasteiger partial charge in [0, 0.05) is 13.1 Å². The summed E-state index contributed by atoms with van der Waals surface area (Å²) >= 11 is 0. The summed E-state index contributed by atoms with van der Waals surface area (Å²) in [5.74, 6) is 0.0115. The highest BCUT2D eigenvalue weighted by Crippen LogP contribution is 2.36. The number of amides is 1. The van der Waals surface area contributed by atoms with Crippen molar-refractivity contribution in [2.75, 3.05) is 7.11 Å². The first-order valence-electron chi connectivity index (χ1n) is 11.1. The molecular formula is C29H21FN2O3. The number of para-hydroxylation sites is 1. The fourth-order valence-corrected chi connectivity index (χ4v) is 4.24. The lowest BCUT2D eigenvalue weighted by Crippen LogP contribution is -2.23. The van der Waals surface area contributed by atoms with Gasteiger partial charge in [0.05, 0.1) is 18.2 Å². The van der Waals surface area contributed by atoms with Crippen molar-refractivity contribution < 1.29 is 18.7 Å². The number of carbonyl (C=O) groups is 1. The molecule has 0 atom stereocenters. The molecule has 5 rings (SSSR count). The third kappa shape index (κ3) is 4.32. The normalized spacial score (nSPS) is 12.3. The Balaban J connectivity index is 1.36. The van der Waals surface area contributed by atoms with Gasteiger partial charge in [0.2, 0.25) is 0 Å². The number of hydrogen-bond acceptors (Lipinski definition) is 4. The minimum absolute atomic E-state index is 0.0704. The molecule has 0 N–H and O–H groups in total. The molecule has 1 amide bonds. The highest BCUT2D eigenvalue weighted by molar-refractivity contribution is 6.01. The summed E-state index contributed by atoms with van der Waals surface area (Å²) in [7, 11) is 1.64. The lowest BCUT2D eigenvalue weighted by Gasteiger charge is -2.16. The van der Waals surface area contributed by atoms with Gasteiger partial charge in [0.1, 0.15) is 17.6 Å². The highest BCUT2D eigenvalue weighted by atomic mass is 19.1. The molecule has 1 heterocycles. The standard InChI is InChI=1S/C29H21FN2O3/c1-34-24-8-2-5-21(15-24)20-13-11-19(12-14-20)17-32-18-23-7-4-10-26(27(23)29(32)33)35-28-22(16-31)6-3-9-25(28)30/h2-15H,17-18H2,1H3. The van der Waals surface area contributed by atoms with Crippen molar-refractivity contribution in [3.63, 3.8) is 0 Å². The molecule has 0 radical (unpaired) electrons. The second kappa shape index (κ2) is 9.32. The van der Waals surface area contributed by atoms with Crippen molar-refractivity contribution in [1.29, 1.82) is 5.26 Å². The van der Waals surface area contributed by atoms with Crippen LogP contribution in [0.1, 0.15) is 27.0 Å². The van der Waals surface area contributed by atoms with Crippen LogP contribution in [0.25, 0.3) is 11.1 Å². The number of nitriles is 1. The van der Waals surface area contributed by atoms with Crippen LogP contribution in [0.4, 0.5) is 4.39 Å². The Morgan fingerprint density at radius 2 is 1.74 bits per heavy atom. The largest absolute Gasteiger partial charge is 0.497 e. The van der Waals surface area contributed by atoms with E-state index in [1.807, 2.05) is 60.7 Å². The lowest BCUT2D eigenvalue weighted by atomic mass is 10.0. The minimum atomic E-state index is -0.653. The zero-order valence-corrected chi connectivity index (χ0v) is 19.0. The minimum Gasteiger partial charge on any atom is -0.497 e. The van der Waals surface area contributed by atoms with Gasteiger partial charge in [0.25, 0.3) is 5.91 Å². The number of hydrogen-bond donors (Lipinski definition) is 0. The average Bonchev–Trinajstić information content (AvgIpc) is 3.21. The van der Waals surface area contributed by atoms with Crippen LogP contribution in [0.5, 0.6) is 17.2 Å². The van der Waals surface area contributed by atoms with Gasteiger partial charge in [-0.2, -0.15) is 5.26 Å². The number of ether oxygens (including phenoxy) is 2. The average molecular weight is 464 g/mol. The topological polar surface area (TPSA) is 62.6 Å². The van der Waals surface area contributed by atoms with E-state index < -0.39 is 5.82 Å². The number of benzene rings is 4. The van der Waals surface area contributed by atoms with Gasteiger partial charge in [-0.3, -0.25) is 4.79 Å². The van der Waals surface area contributed by atoms with Gasteiger partial charge < -0.3 is 14.4 Å². The molecule has 0 fully saturated rings.